The Kier molecular flexibility index (Phi) is 6.33. The van der Waals surface area contributed by atoms with Crippen molar-refractivity contribution in [2.24, 2.45) is 4.99 Å². The van der Waals surface area contributed by atoms with E-state index in [4.69, 9.17) is 0 Å². The van der Waals surface area contributed by atoms with Gasteiger partial charge < -0.3 is 10.2 Å². The van der Waals surface area contributed by atoms with E-state index in [2.05, 4.69) is 10.3 Å². The minimum absolute atomic E-state index is 0.0425. The van der Waals surface area contributed by atoms with Gasteiger partial charge in [-0.15, -0.1) is 0 Å². The Bertz CT molecular complexity index is 847. The molecule has 1 N–H and O–H groups in total. The average Bonchev–Trinajstić information content (AvgIpc) is 2.58. The molecule has 1 aliphatic rings. The molecule has 0 aliphatic carbocycles. The van der Waals surface area contributed by atoms with Gasteiger partial charge in [0, 0.05) is 26.7 Å². The Labute approximate surface area is 156 Å². The van der Waals surface area contributed by atoms with Crippen LogP contribution in [-0.2, 0) is 19.7 Å². The minimum atomic E-state index is -3.30. The van der Waals surface area contributed by atoms with Crippen LogP contribution in [-0.4, -0.2) is 70.6 Å². The lowest BCUT2D eigenvalue weighted by Gasteiger charge is -2.39. The van der Waals surface area contributed by atoms with Crippen LogP contribution in [0.5, 0.6) is 0 Å². The van der Waals surface area contributed by atoms with Crippen LogP contribution < -0.4 is 5.32 Å². The van der Waals surface area contributed by atoms with Crippen LogP contribution in [0.15, 0.2) is 40.2 Å². The van der Waals surface area contributed by atoms with Gasteiger partial charge >= 0.3 is 0 Å². The lowest BCUT2D eigenvalue weighted by atomic mass is 10.2. The van der Waals surface area contributed by atoms with Crippen LogP contribution in [0, 0.1) is 0 Å². The molecule has 1 fully saturated rings. The number of rotatable bonds is 5. The van der Waals surface area contributed by atoms with Crippen LogP contribution in [0.2, 0.25) is 0 Å². The molecule has 2 rings (SSSR count). The Balaban J connectivity index is 1.89. The number of guanidine groups is 1. The molecule has 0 unspecified atom stereocenters. The lowest BCUT2D eigenvalue weighted by Crippen LogP contribution is -2.57. The number of nitrogens with one attached hydrogen (secondary N) is 1. The third-order valence-corrected chi connectivity index (χ3v) is 8.88. The number of aliphatic imine (C=N–C) groups is 1. The molecule has 1 saturated heterocycles. The molecule has 1 aromatic carbocycles. The summed E-state index contributed by atoms with van der Waals surface area (Å²) in [6.07, 6.45) is 0.436. The van der Waals surface area contributed by atoms with Gasteiger partial charge in [0.1, 0.15) is 0 Å². The standard InChI is InChI=1S/C17H27N3O4S2/c1-17(2)14-20(11-13-26(17,23)24)16(18-3)19-10-7-12-25(21,22)15-8-5-4-6-9-15/h4-6,8-9H,7,10-14H2,1-3H3,(H,18,19). The van der Waals surface area contributed by atoms with Gasteiger partial charge in [-0.1, -0.05) is 18.2 Å². The minimum Gasteiger partial charge on any atom is -0.356 e. The summed E-state index contributed by atoms with van der Waals surface area (Å²) in [6.45, 7) is 4.62. The number of sulfone groups is 2. The smallest absolute Gasteiger partial charge is 0.193 e. The van der Waals surface area contributed by atoms with Gasteiger partial charge in [-0.05, 0) is 32.4 Å². The van der Waals surface area contributed by atoms with E-state index in [1.54, 1.807) is 51.2 Å². The van der Waals surface area contributed by atoms with Crippen LogP contribution >= 0.6 is 0 Å². The zero-order valence-corrected chi connectivity index (χ0v) is 17.1. The average molecular weight is 402 g/mol. The van der Waals surface area contributed by atoms with Gasteiger partial charge in [-0.25, -0.2) is 16.8 Å². The zero-order valence-electron chi connectivity index (χ0n) is 15.5. The highest BCUT2D eigenvalue weighted by atomic mass is 32.2. The van der Waals surface area contributed by atoms with Crippen LogP contribution in [0.1, 0.15) is 20.3 Å². The molecule has 1 aliphatic heterocycles. The molecular formula is C17H27N3O4S2. The van der Waals surface area contributed by atoms with Crippen molar-refractivity contribution >= 4 is 25.6 Å². The number of nitrogens with zero attached hydrogens (tertiary/aromatic N) is 2. The fourth-order valence-corrected chi connectivity index (χ4v) is 5.56. The van der Waals surface area contributed by atoms with Gasteiger partial charge in [0.05, 0.1) is 21.1 Å². The molecule has 0 saturated carbocycles. The third kappa shape index (κ3) is 4.76. The van der Waals surface area contributed by atoms with Crippen molar-refractivity contribution in [1.29, 1.82) is 0 Å². The van der Waals surface area contributed by atoms with Gasteiger partial charge in [0.2, 0.25) is 0 Å². The van der Waals surface area contributed by atoms with E-state index in [1.807, 2.05) is 4.90 Å². The van der Waals surface area contributed by atoms with Gasteiger partial charge in [0.15, 0.2) is 25.6 Å². The van der Waals surface area contributed by atoms with Crippen molar-refractivity contribution in [3.63, 3.8) is 0 Å². The summed E-state index contributed by atoms with van der Waals surface area (Å²) in [5.74, 6) is 0.731. The van der Waals surface area contributed by atoms with Crippen LogP contribution in [0.3, 0.4) is 0 Å². The maximum Gasteiger partial charge on any atom is 0.193 e. The Morgan fingerprint density at radius 2 is 1.92 bits per heavy atom. The van der Waals surface area contributed by atoms with Crippen molar-refractivity contribution < 1.29 is 16.8 Å². The summed E-state index contributed by atoms with van der Waals surface area (Å²) in [5, 5.41) is 3.14. The van der Waals surface area contributed by atoms with Crippen LogP contribution in [0.25, 0.3) is 0 Å². The van der Waals surface area contributed by atoms with Crippen molar-refractivity contribution in [1.82, 2.24) is 10.2 Å². The molecule has 0 amide bonds. The summed E-state index contributed by atoms with van der Waals surface area (Å²) >= 11 is 0. The van der Waals surface area contributed by atoms with Crippen molar-refractivity contribution in [3.05, 3.63) is 30.3 Å². The van der Waals surface area contributed by atoms with Gasteiger partial charge in [-0.3, -0.25) is 4.99 Å². The monoisotopic (exact) mass is 401 g/mol. The maximum atomic E-state index is 12.3. The normalized spacial score (nSPS) is 20.0. The SMILES string of the molecule is CN=C(NCCCS(=O)(=O)c1ccccc1)N1CCS(=O)(=O)C(C)(C)C1. The first-order valence-electron chi connectivity index (χ1n) is 8.55. The van der Waals surface area contributed by atoms with E-state index in [0.717, 1.165) is 0 Å². The predicted octanol–water partition coefficient (Wildman–Crippen LogP) is 0.935. The second-order valence-electron chi connectivity index (χ2n) is 6.96. The van der Waals surface area contributed by atoms with E-state index >= 15 is 0 Å². The van der Waals surface area contributed by atoms with Crippen molar-refractivity contribution in [3.8, 4) is 0 Å². The zero-order chi connectivity index (χ0) is 19.4. The molecule has 9 heteroatoms. The molecule has 26 heavy (non-hydrogen) atoms. The molecule has 0 bridgehead atoms. The summed E-state index contributed by atoms with van der Waals surface area (Å²) < 4.78 is 47.9. The second kappa shape index (κ2) is 7.96. The second-order valence-corrected chi connectivity index (χ2v) is 11.8. The largest absolute Gasteiger partial charge is 0.356 e. The van der Waals surface area contributed by atoms with Gasteiger partial charge in [0.25, 0.3) is 0 Å². The predicted molar refractivity (Wildman–Crippen MR) is 104 cm³/mol. The Morgan fingerprint density at radius 1 is 1.27 bits per heavy atom. The van der Waals surface area contributed by atoms with E-state index in [1.165, 1.54) is 0 Å². The molecular weight excluding hydrogens is 374 g/mol. The number of hydrogen-bond acceptors (Lipinski definition) is 5. The summed E-state index contributed by atoms with van der Waals surface area (Å²) in [4.78, 5) is 6.44. The highest BCUT2D eigenvalue weighted by molar-refractivity contribution is 7.92. The number of hydrogen-bond donors (Lipinski definition) is 1. The lowest BCUT2D eigenvalue weighted by molar-refractivity contribution is 0.353. The fourth-order valence-electron chi connectivity index (χ4n) is 2.86. The quantitative estimate of drug-likeness (QED) is 0.448. The number of benzene rings is 1. The first-order valence-corrected chi connectivity index (χ1v) is 11.9. The maximum absolute atomic E-state index is 12.3. The molecule has 0 spiro atoms. The van der Waals surface area contributed by atoms with Gasteiger partial charge in [-0.2, -0.15) is 0 Å². The molecule has 0 atom stereocenters. The van der Waals surface area contributed by atoms with Crippen molar-refractivity contribution in [2.45, 2.75) is 29.9 Å². The molecule has 0 aromatic heterocycles. The first kappa shape index (κ1) is 20.7. The molecule has 0 radical (unpaired) electrons. The third-order valence-electron chi connectivity index (χ3n) is 4.53. The Hall–Kier alpha value is -1.61. The fraction of sp³-hybridized carbons (Fsp3) is 0.588. The Morgan fingerprint density at radius 3 is 2.50 bits per heavy atom. The van der Waals surface area contributed by atoms with E-state index < -0.39 is 24.4 Å². The molecule has 1 aromatic rings. The molecule has 1 heterocycles. The van der Waals surface area contributed by atoms with E-state index in [9.17, 15) is 16.8 Å². The molecule has 146 valence electrons. The highest BCUT2D eigenvalue weighted by Crippen LogP contribution is 2.23. The molecule has 7 nitrogen and oxygen atoms in total. The highest BCUT2D eigenvalue weighted by Gasteiger charge is 2.40. The van der Waals surface area contributed by atoms with Crippen LogP contribution in [0.4, 0.5) is 0 Å². The van der Waals surface area contributed by atoms with E-state index in [-0.39, 0.29) is 11.5 Å². The summed E-state index contributed by atoms with van der Waals surface area (Å²) in [6, 6.07) is 8.39. The summed E-state index contributed by atoms with van der Waals surface area (Å²) in [5.41, 5.74) is 0. The summed E-state index contributed by atoms with van der Waals surface area (Å²) in [7, 11) is -4.77. The van der Waals surface area contributed by atoms with Crippen molar-refractivity contribution in [2.75, 3.05) is 38.2 Å². The first-order chi connectivity index (χ1) is 12.1. The van der Waals surface area contributed by atoms with E-state index in [0.29, 0.717) is 36.9 Å². The topological polar surface area (TPSA) is 95.9 Å².